The van der Waals surface area contributed by atoms with Crippen molar-refractivity contribution in [2.45, 2.75) is 50.8 Å². The number of rotatable bonds is 8. The van der Waals surface area contributed by atoms with Gasteiger partial charge in [-0.2, -0.15) is 0 Å². The van der Waals surface area contributed by atoms with E-state index >= 15 is 0 Å². The molecule has 1 saturated heterocycles. The Morgan fingerprint density at radius 3 is 2.68 bits per heavy atom. The van der Waals surface area contributed by atoms with Crippen LogP contribution in [0.25, 0.3) is 10.9 Å². The van der Waals surface area contributed by atoms with Crippen LogP contribution >= 0.6 is 11.3 Å². The molecule has 37 heavy (non-hydrogen) atoms. The maximum Gasteiger partial charge on any atom is 0.254 e. The highest BCUT2D eigenvalue weighted by molar-refractivity contribution is 7.09. The zero-order valence-corrected chi connectivity index (χ0v) is 22.0. The lowest BCUT2D eigenvalue weighted by Crippen LogP contribution is -2.41. The van der Waals surface area contributed by atoms with E-state index in [1.165, 1.54) is 18.4 Å². The van der Waals surface area contributed by atoms with Gasteiger partial charge in [-0.15, -0.1) is 11.3 Å². The van der Waals surface area contributed by atoms with E-state index in [-0.39, 0.29) is 12.0 Å². The number of piperidine rings is 1. The Kier molecular flexibility index (Phi) is 6.89. The van der Waals surface area contributed by atoms with Crippen LogP contribution in [0.4, 0.5) is 0 Å². The predicted octanol–water partition coefficient (Wildman–Crippen LogP) is 5.88. The molecule has 0 unspecified atom stereocenters. The smallest absolute Gasteiger partial charge is 0.254 e. The molecular weight excluding hydrogens is 480 g/mol. The molecule has 4 aromatic rings. The average Bonchev–Trinajstić information content (AvgIpc) is 3.65. The number of aromatic nitrogens is 2. The summed E-state index contributed by atoms with van der Waals surface area (Å²) in [4.78, 5) is 27.0. The van der Waals surface area contributed by atoms with Crippen LogP contribution in [0.1, 0.15) is 58.2 Å². The van der Waals surface area contributed by atoms with Gasteiger partial charge in [0, 0.05) is 61.1 Å². The number of para-hydroxylation sites is 1. The van der Waals surface area contributed by atoms with Gasteiger partial charge in [0.2, 0.25) is 0 Å². The molecule has 0 bridgehead atoms. The zero-order valence-electron chi connectivity index (χ0n) is 21.2. The topological polar surface area (TPSA) is 58.6 Å². The molecule has 6 nitrogen and oxygen atoms in total. The van der Waals surface area contributed by atoms with Crippen molar-refractivity contribution in [3.8, 4) is 5.75 Å². The third-order valence-electron chi connectivity index (χ3n) is 7.23. The quantitative estimate of drug-likeness (QED) is 0.295. The maximum absolute atomic E-state index is 13.6. The van der Waals surface area contributed by atoms with Crippen LogP contribution < -0.4 is 4.74 Å². The van der Waals surface area contributed by atoms with E-state index in [1.807, 2.05) is 52.9 Å². The second-order valence-electron chi connectivity index (χ2n) is 10.2. The summed E-state index contributed by atoms with van der Waals surface area (Å²) >= 11 is 1.69. The van der Waals surface area contributed by atoms with Crippen molar-refractivity contribution >= 4 is 28.1 Å². The molecule has 1 aliphatic heterocycles. The number of fused-ring (bicyclic) bond motifs is 1. The first kappa shape index (κ1) is 24.1. The summed E-state index contributed by atoms with van der Waals surface area (Å²) < 4.78 is 6.37. The Bertz CT molecular complexity index is 1380. The highest BCUT2D eigenvalue weighted by Crippen LogP contribution is 2.40. The van der Waals surface area contributed by atoms with Gasteiger partial charge in [0.05, 0.1) is 17.6 Å². The molecule has 1 saturated carbocycles. The van der Waals surface area contributed by atoms with Gasteiger partial charge >= 0.3 is 0 Å². The molecule has 1 amide bonds. The van der Waals surface area contributed by atoms with E-state index in [0.29, 0.717) is 19.0 Å². The molecule has 0 radical (unpaired) electrons. The number of likely N-dealkylation sites (tertiary alicyclic amines) is 1. The molecule has 1 aliphatic carbocycles. The van der Waals surface area contributed by atoms with Crippen molar-refractivity contribution in [1.82, 2.24) is 19.8 Å². The SMILES string of the molecule is CN(Cc1cccc(OC2CCN(C(=O)c3cc(C4CC4)nc4ccccc34)CC2)c1)Cc1nccs1. The number of amides is 1. The minimum absolute atomic E-state index is 0.114. The fraction of sp³-hybridized carbons (Fsp3) is 0.367. The minimum atomic E-state index is 0.114. The fourth-order valence-electron chi connectivity index (χ4n) is 5.15. The van der Waals surface area contributed by atoms with E-state index in [1.54, 1.807) is 11.3 Å². The number of ether oxygens (including phenoxy) is 1. The fourth-order valence-corrected chi connectivity index (χ4v) is 5.84. The molecule has 0 N–H and O–H groups in total. The molecule has 0 spiro atoms. The summed E-state index contributed by atoms with van der Waals surface area (Å²) in [5.41, 5.74) is 4.00. The molecule has 2 aliphatic rings. The summed E-state index contributed by atoms with van der Waals surface area (Å²) in [6, 6.07) is 18.4. The second kappa shape index (κ2) is 10.6. The molecule has 0 atom stereocenters. The number of carbonyl (C=O) groups excluding carboxylic acids is 1. The van der Waals surface area contributed by atoms with E-state index < -0.39 is 0 Å². The first-order chi connectivity index (χ1) is 18.1. The zero-order chi connectivity index (χ0) is 25.2. The highest BCUT2D eigenvalue weighted by atomic mass is 32.1. The number of hydrogen-bond acceptors (Lipinski definition) is 6. The first-order valence-electron chi connectivity index (χ1n) is 13.1. The Balaban J connectivity index is 1.07. The van der Waals surface area contributed by atoms with Gasteiger partial charge in [-0.1, -0.05) is 30.3 Å². The van der Waals surface area contributed by atoms with Crippen LogP contribution in [0.15, 0.2) is 66.2 Å². The normalized spacial score (nSPS) is 16.4. The highest BCUT2D eigenvalue weighted by Gasteiger charge is 2.29. The Morgan fingerprint density at radius 1 is 1.05 bits per heavy atom. The summed E-state index contributed by atoms with van der Waals surface area (Å²) in [5.74, 6) is 1.53. The molecule has 190 valence electrons. The molecule has 2 aromatic carbocycles. The third-order valence-corrected chi connectivity index (χ3v) is 8.00. The largest absolute Gasteiger partial charge is 0.490 e. The average molecular weight is 513 g/mol. The lowest BCUT2D eigenvalue weighted by molar-refractivity contribution is 0.0597. The van der Waals surface area contributed by atoms with Gasteiger partial charge in [0.15, 0.2) is 0 Å². The maximum atomic E-state index is 13.6. The second-order valence-corrected chi connectivity index (χ2v) is 11.2. The van der Waals surface area contributed by atoms with Gasteiger partial charge in [0.25, 0.3) is 5.91 Å². The van der Waals surface area contributed by atoms with Crippen molar-refractivity contribution < 1.29 is 9.53 Å². The van der Waals surface area contributed by atoms with Crippen LogP contribution in [-0.4, -0.2) is 51.9 Å². The van der Waals surface area contributed by atoms with Crippen molar-refractivity contribution in [3.05, 3.63) is 88.0 Å². The van der Waals surface area contributed by atoms with Crippen LogP contribution in [0, 0.1) is 0 Å². The molecule has 2 aromatic heterocycles. The third kappa shape index (κ3) is 5.68. The van der Waals surface area contributed by atoms with E-state index in [2.05, 4.69) is 35.1 Å². The van der Waals surface area contributed by atoms with E-state index in [9.17, 15) is 4.79 Å². The first-order valence-corrected chi connectivity index (χ1v) is 14.0. The molecular formula is C30H32N4O2S. The summed E-state index contributed by atoms with van der Waals surface area (Å²) in [6.45, 7) is 3.08. The number of benzene rings is 2. The van der Waals surface area contributed by atoms with Crippen molar-refractivity contribution in [2.24, 2.45) is 0 Å². The lowest BCUT2D eigenvalue weighted by Gasteiger charge is -2.32. The number of nitrogens with zero attached hydrogens (tertiary/aromatic N) is 4. The van der Waals surface area contributed by atoms with Gasteiger partial charge in [-0.3, -0.25) is 14.7 Å². The number of hydrogen-bond donors (Lipinski definition) is 0. The van der Waals surface area contributed by atoms with Gasteiger partial charge in [-0.05, 0) is 49.7 Å². The molecule has 3 heterocycles. The lowest BCUT2D eigenvalue weighted by atomic mass is 10.0. The summed E-state index contributed by atoms with van der Waals surface area (Å²) in [5, 5.41) is 4.09. The predicted molar refractivity (Wildman–Crippen MR) is 147 cm³/mol. The molecule has 7 heteroatoms. The van der Waals surface area contributed by atoms with Gasteiger partial charge in [-0.25, -0.2) is 4.98 Å². The van der Waals surface area contributed by atoms with Crippen LogP contribution in [-0.2, 0) is 13.1 Å². The van der Waals surface area contributed by atoms with Crippen LogP contribution in [0.5, 0.6) is 5.75 Å². The van der Waals surface area contributed by atoms with Crippen molar-refractivity contribution in [2.75, 3.05) is 20.1 Å². The monoisotopic (exact) mass is 512 g/mol. The van der Waals surface area contributed by atoms with E-state index in [0.717, 1.165) is 58.8 Å². The van der Waals surface area contributed by atoms with Crippen molar-refractivity contribution in [3.63, 3.8) is 0 Å². The number of thiazole rings is 1. The van der Waals surface area contributed by atoms with E-state index in [4.69, 9.17) is 9.72 Å². The minimum Gasteiger partial charge on any atom is -0.490 e. The summed E-state index contributed by atoms with van der Waals surface area (Å²) in [7, 11) is 2.11. The van der Waals surface area contributed by atoms with Gasteiger partial charge < -0.3 is 9.64 Å². The number of carbonyl (C=O) groups is 1. The molecule has 2 fully saturated rings. The standard InChI is InChI=1S/C30H32N4O2S/c1-33(20-29-31-13-16-37-29)19-21-5-4-6-24(17-21)36-23-11-14-34(15-12-23)30(35)26-18-28(22-9-10-22)32-27-8-3-2-7-25(26)27/h2-8,13,16-18,22-23H,9-12,14-15,19-20H2,1H3. The Labute approximate surface area is 221 Å². The number of pyridine rings is 1. The van der Waals surface area contributed by atoms with Crippen LogP contribution in [0.2, 0.25) is 0 Å². The van der Waals surface area contributed by atoms with Crippen molar-refractivity contribution in [1.29, 1.82) is 0 Å². The van der Waals surface area contributed by atoms with Crippen LogP contribution in [0.3, 0.4) is 0 Å². The van der Waals surface area contributed by atoms with Gasteiger partial charge in [0.1, 0.15) is 16.9 Å². The Hall–Kier alpha value is -3.29. The Morgan fingerprint density at radius 2 is 1.89 bits per heavy atom. The summed E-state index contributed by atoms with van der Waals surface area (Å²) in [6.07, 6.45) is 5.97. The molecule has 6 rings (SSSR count).